The number of nitrogens with two attached hydrogens (primary N) is 1. The number of rotatable bonds is 6. The van der Waals surface area contributed by atoms with Crippen molar-refractivity contribution in [3.63, 3.8) is 0 Å². The van der Waals surface area contributed by atoms with E-state index in [1.807, 2.05) is 19.9 Å². The predicted molar refractivity (Wildman–Crippen MR) is 71.8 cm³/mol. The number of oxime groups is 1. The van der Waals surface area contributed by atoms with Crippen molar-refractivity contribution in [3.05, 3.63) is 23.2 Å². The van der Waals surface area contributed by atoms with Crippen LogP contribution in [-0.4, -0.2) is 17.1 Å². The lowest BCUT2D eigenvalue weighted by molar-refractivity contribution is 0.314. The minimum absolute atomic E-state index is 0.180. The van der Waals surface area contributed by atoms with Crippen LogP contribution < -0.4 is 11.1 Å². The van der Waals surface area contributed by atoms with E-state index in [9.17, 15) is 0 Å². The summed E-state index contributed by atoms with van der Waals surface area (Å²) >= 11 is 0. The normalized spacial score (nSPS) is 15.7. The van der Waals surface area contributed by atoms with Gasteiger partial charge >= 0.3 is 0 Å². The summed E-state index contributed by atoms with van der Waals surface area (Å²) in [6, 6.07) is 2.41. The molecule has 0 aliphatic carbocycles. The zero-order valence-electron chi connectivity index (χ0n) is 11.5. The lowest BCUT2D eigenvalue weighted by Crippen LogP contribution is -2.35. The molecule has 5 nitrogen and oxygen atoms in total. The summed E-state index contributed by atoms with van der Waals surface area (Å²) < 4.78 is 5.52. The van der Waals surface area contributed by atoms with E-state index < -0.39 is 0 Å². The highest BCUT2D eigenvalue weighted by Gasteiger charge is 2.17. The Kier molecular flexibility index (Phi) is 5.22. The van der Waals surface area contributed by atoms with Crippen molar-refractivity contribution in [2.45, 2.75) is 52.6 Å². The third kappa shape index (κ3) is 3.77. The highest BCUT2D eigenvalue weighted by molar-refractivity contribution is 5.80. The number of nitrogens with zero attached hydrogens (tertiary/aromatic N) is 1. The average Bonchev–Trinajstić information content (AvgIpc) is 2.67. The number of hydrogen-bond acceptors (Lipinski definition) is 4. The first-order valence-electron chi connectivity index (χ1n) is 6.27. The molecule has 0 radical (unpaired) electrons. The summed E-state index contributed by atoms with van der Waals surface area (Å²) in [7, 11) is 0. The van der Waals surface area contributed by atoms with Crippen molar-refractivity contribution >= 4 is 5.84 Å². The van der Waals surface area contributed by atoms with Crippen molar-refractivity contribution in [1.82, 2.24) is 5.32 Å². The van der Waals surface area contributed by atoms with Crippen LogP contribution in [0, 0.1) is 13.8 Å². The van der Waals surface area contributed by atoms with E-state index in [1.54, 1.807) is 0 Å². The van der Waals surface area contributed by atoms with Crippen LogP contribution in [0.1, 0.15) is 49.8 Å². The van der Waals surface area contributed by atoms with Crippen LogP contribution >= 0.6 is 0 Å². The van der Waals surface area contributed by atoms with Gasteiger partial charge in [-0.05, 0) is 33.3 Å². The maximum atomic E-state index is 8.60. The maximum Gasteiger partial charge on any atom is 0.140 e. The fourth-order valence-corrected chi connectivity index (χ4v) is 2.14. The lowest BCUT2D eigenvalue weighted by atomic mass is 10.1. The van der Waals surface area contributed by atoms with Crippen molar-refractivity contribution in [3.8, 4) is 0 Å². The molecule has 0 aromatic carbocycles. The Hall–Kier alpha value is -1.49. The lowest BCUT2D eigenvalue weighted by Gasteiger charge is -2.21. The molecule has 0 saturated heterocycles. The summed E-state index contributed by atoms with van der Waals surface area (Å²) in [6.07, 6.45) is 1.45. The molecular formula is C13H23N3O2. The SMILES string of the molecule is CCC(CC(N)=NO)NC(C)c1cc(C)oc1C. The molecule has 0 saturated carbocycles. The first-order chi connectivity index (χ1) is 8.47. The van der Waals surface area contributed by atoms with E-state index >= 15 is 0 Å². The van der Waals surface area contributed by atoms with E-state index in [-0.39, 0.29) is 17.9 Å². The van der Waals surface area contributed by atoms with E-state index in [4.69, 9.17) is 15.4 Å². The number of nitrogens with one attached hydrogen (secondary N) is 1. The van der Waals surface area contributed by atoms with Gasteiger partial charge in [0.05, 0.1) is 0 Å². The Morgan fingerprint density at radius 1 is 1.56 bits per heavy atom. The molecule has 102 valence electrons. The molecule has 1 aromatic rings. The molecule has 2 unspecified atom stereocenters. The smallest absolute Gasteiger partial charge is 0.140 e. The average molecular weight is 253 g/mol. The van der Waals surface area contributed by atoms with Crippen LogP contribution in [0.25, 0.3) is 0 Å². The van der Waals surface area contributed by atoms with Crippen LogP contribution in [0.5, 0.6) is 0 Å². The Labute approximate surface area is 108 Å². The van der Waals surface area contributed by atoms with Crippen LogP contribution in [-0.2, 0) is 0 Å². The molecule has 0 fully saturated rings. The van der Waals surface area contributed by atoms with Crippen molar-refractivity contribution in [2.75, 3.05) is 0 Å². The summed E-state index contributed by atoms with van der Waals surface area (Å²) in [5, 5.41) is 15.1. The number of amidine groups is 1. The maximum absolute atomic E-state index is 8.60. The largest absolute Gasteiger partial charge is 0.466 e. The molecule has 0 spiro atoms. The standard InChI is InChI=1S/C13H23N3O2/c1-5-11(7-13(14)16-17)15-9(3)12-6-8(2)18-10(12)4/h6,9,11,15,17H,5,7H2,1-4H3,(H2,14,16). The minimum atomic E-state index is 0.180. The number of hydrogen-bond donors (Lipinski definition) is 3. The van der Waals surface area contributed by atoms with Gasteiger partial charge in [-0.25, -0.2) is 0 Å². The Bertz CT molecular complexity index is 412. The first-order valence-corrected chi connectivity index (χ1v) is 6.27. The van der Waals surface area contributed by atoms with Gasteiger partial charge in [-0.2, -0.15) is 0 Å². The molecular weight excluding hydrogens is 230 g/mol. The fraction of sp³-hybridized carbons (Fsp3) is 0.615. The summed E-state index contributed by atoms with van der Waals surface area (Å²) in [5.41, 5.74) is 6.70. The van der Waals surface area contributed by atoms with Crippen molar-refractivity contribution in [2.24, 2.45) is 10.9 Å². The van der Waals surface area contributed by atoms with E-state index in [1.165, 1.54) is 0 Å². The zero-order chi connectivity index (χ0) is 13.7. The number of furan rings is 1. The highest BCUT2D eigenvalue weighted by atomic mass is 16.4. The molecule has 5 heteroatoms. The second-order valence-corrected chi connectivity index (χ2v) is 4.66. The van der Waals surface area contributed by atoms with E-state index in [2.05, 4.69) is 24.3 Å². The van der Waals surface area contributed by atoms with Gasteiger partial charge in [0, 0.05) is 24.1 Å². The summed E-state index contributed by atoms with van der Waals surface area (Å²) in [5.74, 6) is 2.11. The van der Waals surface area contributed by atoms with Gasteiger partial charge in [-0.3, -0.25) is 0 Å². The molecule has 1 rings (SSSR count). The van der Waals surface area contributed by atoms with E-state index in [0.717, 1.165) is 23.5 Å². The molecule has 4 N–H and O–H groups in total. The van der Waals surface area contributed by atoms with Gasteiger partial charge < -0.3 is 20.7 Å². The second kappa shape index (κ2) is 6.44. The zero-order valence-corrected chi connectivity index (χ0v) is 11.5. The van der Waals surface area contributed by atoms with Gasteiger partial charge in [-0.15, -0.1) is 0 Å². The summed E-state index contributed by atoms with van der Waals surface area (Å²) in [6.45, 7) is 8.07. The van der Waals surface area contributed by atoms with Crippen molar-refractivity contribution < 1.29 is 9.62 Å². The van der Waals surface area contributed by atoms with Crippen molar-refractivity contribution in [1.29, 1.82) is 0 Å². The van der Waals surface area contributed by atoms with Gasteiger partial charge in [0.15, 0.2) is 0 Å². The fourth-order valence-electron chi connectivity index (χ4n) is 2.14. The molecule has 2 atom stereocenters. The molecule has 18 heavy (non-hydrogen) atoms. The predicted octanol–water partition coefficient (Wildman–Crippen LogP) is 2.46. The Morgan fingerprint density at radius 3 is 2.67 bits per heavy atom. The minimum Gasteiger partial charge on any atom is -0.466 e. The van der Waals surface area contributed by atoms with Gasteiger partial charge in [-0.1, -0.05) is 12.1 Å². The van der Waals surface area contributed by atoms with Gasteiger partial charge in [0.1, 0.15) is 17.4 Å². The van der Waals surface area contributed by atoms with Crippen LogP contribution in [0.2, 0.25) is 0 Å². The highest BCUT2D eigenvalue weighted by Crippen LogP contribution is 2.22. The molecule has 0 bridgehead atoms. The monoisotopic (exact) mass is 253 g/mol. The molecule has 1 aromatic heterocycles. The Morgan fingerprint density at radius 2 is 2.22 bits per heavy atom. The molecule has 0 aliphatic rings. The number of aryl methyl sites for hydroxylation is 2. The van der Waals surface area contributed by atoms with Gasteiger partial charge in [0.25, 0.3) is 0 Å². The van der Waals surface area contributed by atoms with Crippen LogP contribution in [0.3, 0.4) is 0 Å². The molecule has 0 amide bonds. The summed E-state index contributed by atoms with van der Waals surface area (Å²) in [4.78, 5) is 0. The van der Waals surface area contributed by atoms with Gasteiger partial charge in [0.2, 0.25) is 0 Å². The molecule has 0 aliphatic heterocycles. The quantitative estimate of drug-likeness (QED) is 0.315. The third-order valence-electron chi connectivity index (χ3n) is 3.11. The third-order valence-corrected chi connectivity index (χ3v) is 3.11. The van der Waals surface area contributed by atoms with Crippen LogP contribution in [0.15, 0.2) is 15.6 Å². The Balaban J connectivity index is 2.67. The second-order valence-electron chi connectivity index (χ2n) is 4.66. The van der Waals surface area contributed by atoms with E-state index in [0.29, 0.717) is 6.42 Å². The first kappa shape index (κ1) is 14.6. The van der Waals surface area contributed by atoms with Crippen LogP contribution in [0.4, 0.5) is 0 Å². The molecule has 1 heterocycles. The topological polar surface area (TPSA) is 83.8 Å².